The highest BCUT2D eigenvalue weighted by molar-refractivity contribution is 4.91. The second-order valence-electron chi connectivity index (χ2n) is 5.60. The van der Waals surface area contributed by atoms with Crippen LogP contribution in [0.1, 0.15) is 72.6 Å². The molecule has 0 aromatic heterocycles. The normalized spacial score (nSPS) is 11.1. The van der Waals surface area contributed by atoms with Crippen LogP contribution in [-0.2, 0) is 0 Å². The van der Waals surface area contributed by atoms with Crippen LogP contribution in [0.3, 0.4) is 0 Å². The predicted octanol–water partition coefficient (Wildman–Crippen LogP) is 4.88. The van der Waals surface area contributed by atoms with Crippen molar-refractivity contribution in [1.82, 2.24) is 5.32 Å². The van der Waals surface area contributed by atoms with E-state index in [9.17, 15) is 0 Å². The fourth-order valence-electron chi connectivity index (χ4n) is 1.90. The van der Waals surface area contributed by atoms with E-state index in [1.54, 1.807) is 0 Å². The van der Waals surface area contributed by atoms with E-state index in [0.717, 1.165) is 12.3 Å². The minimum atomic E-state index is 0.526. The van der Waals surface area contributed by atoms with E-state index in [0.29, 0.717) is 6.04 Å². The first-order valence-electron chi connectivity index (χ1n) is 6.96. The Balaban J connectivity index is 3.18. The van der Waals surface area contributed by atoms with Crippen LogP contribution in [-0.4, -0.2) is 6.04 Å². The average Bonchev–Trinajstić information content (AvgIpc) is 2.14. The maximum Gasteiger partial charge on any atom is 0.0201 e. The number of hydrogen-bond donors (Lipinski definition) is 1. The summed E-state index contributed by atoms with van der Waals surface area (Å²) in [5.74, 6) is 0.870. The lowest BCUT2D eigenvalue weighted by Gasteiger charge is -2.12. The third kappa shape index (κ3) is 11.6. The van der Waals surface area contributed by atoms with Gasteiger partial charge in [-0.2, -0.15) is 0 Å². The fraction of sp³-hybridized carbons (Fsp3) is 0.867. The molecule has 0 spiro atoms. The van der Waals surface area contributed by atoms with Crippen molar-refractivity contribution in [3.05, 3.63) is 12.3 Å². The summed E-state index contributed by atoms with van der Waals surface area (Å²) in [6, 6.07) is 0.526. The van der Waals surface area contributed by atoms with Gasteiger partial charge in [0.25, 0.3) is 0 Å². The second kappa shape index (κ2) is 9.74. The van der Waals surface area contributed by atoms with Crippen LogP contribution in [0.25, 0.3) is 0 Å². The molecule has 0 amide bonds. The number of nitrogens with one attached hydrogen (secondary N) is 1. The zero-order valence-corrected chi connectivity index (χ0v) is 11.8. The summed E-state index contributed by atoms with van der Waals surface area (Å²) >= 11 is 0. The number of hydrogen-bond acceptors (Lipinski definition) is 1. The van der Waals surface area contributed by atoms with Crippen LogP contribution < -0.4 is 5.32 Å². The van der Waals surface area contributed by atoms with Crippen molar-refractivity contribution < 1.29 is 0 Å². The van der Waals surface area contributed by atoms with E-state index in [4.69, 9.17) is 0 Å². The Morgan fingerprint density at radius 1 is 0.938 bits per heavy atom. The standard InChI is InChI=1S/C15H31N/c1-13(2)11-9-7-6-8-10-12-15(5)16-14(3)4/h13-14,16H,5-12H2,1-4H3. The molecule has 0 aliphatic carbocycles. The number of unbranched alkanes of at least 4 members (excludes halogenated alkanes) is 4. The molecule has 96 valence electrons. The van der Waals surface area contributed by atoms with Gasteiger partial charge >= 0.3 is 0 Å². The Labute approximate surface area is 103 Å². The lowest BCUT2D eigenvalue weighted by molar-refractivity contribution is 0.512. The van der Waals surface area contributed by atoms with E-state index in [1.807, 2.05) is 0 Å². The van der Waals surface area contributed by atoms with Gasteiger partial charge in [0.2, 0.25) is 0 Å². The lowest BCUT2D eigenvalue weighted by atomic mass is 10.0. The molecule has 0 aromatic rings. The van der Waals surface area contributed by atoms with Crippen LogP contribution in [0, 0.1) is 5.92 Å². The van der Waals surface area contributed by atoms with Crippen molar-refractivity contribution >= 4 is 0 Å². The van der Waals surface area contributed by atoms with Crippen molar-refractivity contribution in [1.29, 1.82) is 0 Å². The van der Waals surface area contributed by atoms with Crippen molar-refractivity contribution in [2.45, 2.75) is 78.7 Å². The van der Waals surface area contributed by atoms with Crippen molar-refractivity contribution in [2.24, 2.45) is 5.92 Å². The largest absolute Gasteiger partial charge is 0.387 e. The van der Waals surface area contributed by atoms with Crippen molar-refractivity contribution in [3.8, 4) is 0 Å². The smallest absolute Gasteiger partial charge is 0.0201 e. The first kappa shape index (κ1) is 15.5. The summed E-state index contributed by atoms with van der Waals surface area (Å²) in [5, 5.41) is 3.37. The number of allylic oxidation sites excluding steroid dienone is 1. The van der Waals surface area contributed by atoms with Crippen LogP contribution in [0.2, 0.25) is 0 Å². The fourth-order valence-corrected chi connectivity index (χ4v) is 1.90. The summed E-state index contributed by atoms with van der Waals surface area (Å²) in [5.41, 5.74) is 1.21. The zero-order chi connectivity index (χ0) is 12.4. The van der Waals surface area contributed by atoms with Gasteiger partial charge in [-0.3, -0.25) is 0 Å². The summed E-state index contributed by atoms with van der Waals surface area (Å²) in [6.07, 6.45) is 9.38. The van der Waals surface area contributed by atoms with Gasteiger partial charge in [0.05, 0.1) is 0 Å². The highest BCUT2D eigenvalue weighted by Crippen LogP contribution is 2.12. The van der Waals surface area contributed by atoms with Crippen LogP contribution in [0.5, 0.6) is 0 Å². The predicted molar refractivity (Wildman–Crippen MR) is 74.6 cm³/mol. The van der Waals surface area contributed by atoms with Gasteiger partial charge in [-0.05, 0) is 32.6 Å². The summed E-state index contributed by atoms with van der Waals surface area (Å²) in [6.45, 7) is 13.0. The lowest BCUT2D eigenvalue weighted by Crippen LogP contribution is -2.21. The van der Waals surface area contributed by atoms with Gasteiger partial charge in [0, 0.05) is 11.7 Å². The summed E-state index contributed by atoms with van der Waals surface area (Å²) in [7, 11) is 0. The van der Waals surface area contributed by atoms with Crippen LogP contribution in [0.15, 0.2) is 12.3 Å². The first-order chi connectivity index (χ1) is 7.52. The first-order valence-corrected chi connectivity index (χ1v) is 6.96. The highest BCUT2D eigenvalue weighted by atomic mass is 14.9. The quantitative estimate of drug-likeness (QED) is 0.522. The summed E-state index contributed by atoms with van der Waals surface area (Å²) in [4.78, 5) is 0. The Hall–Kier alpha value is -0.460. The Morgan fingerprint density at radius 3 is 2.06 bits per heavy atom. The van der Waals surface area contributed by atoms with E-state index >= 15 is 0 Å². The Bertz CT molecular complexity index is 170. The zero-order valence-electron chi connectivity index (χ0n) is 11.8. The number of rotatable bonds is 10. The molecule has 0 heterocycles. The third-order valence-corrected chi connectivity index (χ3v) is 2.75. The Kier molecular flexibility index (Phi) is 9.46. The highest BCUT2D eigenvalue weighted by Gasteiger charge is 1.97. The molecule has 0 bridgehead atoms. The van der Waals surface area contributed by atoms with Crippen molar-refractivity contribution in [3.63, 3.8) is 0 Å². The molecule has 1 N–H and O–H groups in total. The molecule has 0 aliphatic heterocycles. The van der Waals surface area contributed by atoms with Gasteiger partial charge in [-0.15, -0.1) is 0 Å². The molecule has 0 fully saturated rings. The van der Waals surface area contributed by atoms with Crippen molar-refractivity contribution in [2.75, 3.05) is 0 Å². The Morgan fingerprint density at radius 2 is 1.50 bits per heavy atom. The topological polar surface area (TPSA) is 12.0 Å². The molecule has 16 heavy (non-hydrogen) atoms. The van der Waals surface area contributed by atoms with E-state index < -0.39 is 0 Å². The monoisotopic (exact) mass is 225 g/mol. The minimum absolute atomic E-state index is 0.526. The molecule has 1 nitrogen and oxygen atoms in total. The van der Waals surface area contributed by atoms with Gasteiger partial charge in [-0.25, -0.2) is 0 Å². The molecule has 0 aromatic carbocycles. The molecular formula is C15H31N. The van der Waals surface area contributed by atoms with Gasteiger partial charge in [0.15, 0.2) is 0 Å². The van der Waals surface area contributed by atoms with Gasteiger partial charge in [0.1, 0.15) is 0 Å². The summed E-state index contributed by atoms with van der Waals surface area (Å²) < 4.78 is 0. The molecule has 0 saturated heterocycles. The minimum Gasteiger partial charge on any atom is -0.387 e. The maximum absolute atomic E-state index is 4.04. The molecule has 0 atom stereocenters. The molecule has 0 unspecified atom stereocenters. The SMILES string of the molecule is C=C(CCCCCCCC(C)C)NC(C)C. The second-order valence-corrected chi connectivity index (χ2v) is 5.60. The molecule has 0 radical (unpaired) electrons. The average molecular weight is 225 g/mol. The van der Waals surface area contributed by atoms with E-state index in [2.05, 4.69) is 39.6 Å². The third-order valence-electron chi connectivity index (χ3n) is 2.75. The van der Waals surface area contributed by atoms with Crippen LogP contribution in [0.4, 0.5) is 0 Å². The molecule has 0 aliphatic rings. The van der Waals surface area contributed by atoms with Crippen LogP contribution >= 0.6 is 0 Å². The van der Waals surface area contributed by atoms with E-state index in [1.165, 1.54) is 44.2 Å². The van der Waals surface area contributed by atoms with E-state index in [-0.39, 0.29) is 0 Å². The van der Waals surface area contributed by atoms with Gasteiger partial charge < -0.3 is 5.32 Å². The molecular weight excluding hydrogens is 194 g/mol. The molecule has 1 heteroatoms. The maximum atomic E-state index is 4.04. The van der Waals surface area contributed by atoms with Gasteiger partial charge in [-0.1, -0.05) is 52.5 Å². The molecule has 0 saturated carbocycles. The molecule has 0 rings (SSSR count).